The number of aromatic amines is 2. The van der Waals surface area contributed by atoms with Gasteiger partial charge in [-0.15, -0.1) is 0 Å². The van der Waals surface area contributed by atoms with Gasteiger partial charge in [0.05, 0.1) is 19.2 Å². The molecular weight excluding hydrogens is 401 g/mol. The zero-order chi connectivity index (χ0) is 22.0. The lowest BCUT2D eigenvalue weighted by Crippen LogP contribution is -2.42. The molecule has 4 rings (SSSR count). The first-order valence-corrected chi connectivity index (χ1v) is 9.50. The monoisotopic (exact) mass is 421 g/mol. The molecule has 2 aromatic heterocycles. The highest BCUT2D eigenvalue weighted by Gasteiger charge is 2.15. The molecule has 0 radical (unpaired) electrons. The molecule has 0 aliphatic rings. The third-order valence-electron chi connectivity index (χ3n) is 4.94. The molecule has 2 amide bonds. The number of benzene rings is 2. The van der Waals surface area contributed by atoms with E-state index in [9.17, 15) is 14.0 Å². The van der Waals surface area contributed by atoms with Gasteiger partial charge in [-0.25, -0.2) is 4.39 Å². The van der Waals surface area contributed by atoms with Crippen LogP contribution in [0.1, 0.15) is 21.7 Å². The number of halogens is 1. The number of carbonyl (C=O) groups is 2. The Labute approximate surface area is 176 Å². The Morgan fingerprint density at radius 1 is 1.10 bits per heavy atom. The quantitative estimate of drug-likeness (QED) is 0.371. The number of hydrogen-bond acceptors (Lipinski definition) is 4. The Hall–Kier alpha value is -4.14. The topological polar surface area (TPSA) is 112 Å². The second-order valence-electron chi connectivity index (χ2n) is 6.99. The number of ether oxygens (including phenoxy) is 1. The Balaban J connectivity index is 1.39. The van der Waals surface area contributed by atoms with E-state index in [1.54, 1.807) is 31.4 Å². The predicted octanol–water partition coefficient (Wildman–Crippen LogP) is 3.02. The van der Waals surface area contributed by atoms with Crippen molar-refractivity contribution in [3.8, 4) is 17.0 Å². The standard InChI is InChI=1S/C22H20FN5O3/c1-12-16(17-9-14(23)5-8-18(17)24-12)10-21(29)27-28-22(30)20-11-19(25-26-20)13-3-6-15(31-2)7-4-13/h3-9,11,24H,10H2,1-2H3,(H,25,26)(H,27,29)(H,28,30). The number of carbonyl (C=O) groups excluding carboxylic acids is 2. The maximum atomic E-state index is 13.6. The maximum Gasteiger partial charge on any atom is 0.287 e. The zero-order valence-corrected chi connectivity index (χ0v) is 16.9. The summed E-state index contributed by atoms with van der Waals surface area (Å²) in [6.07, 6.45) is -0.0182. The molecule has 2 aromatic carbocycles. The van der Waals surface area contributed by atoms with Crippen molar-refractivity contribution in [1.29, 1.82) is 0 Å². The molecule has 0 unspecified atom stereocenters. The normalized spacial score (nSPS) is 10.8. The van der Waals surface area contributed by atoms with Crippen LogP contribution in [0.25, 0.3) is 22.2 Å². The van der Waals surface area contributed by atoms with Gasteiger partial charge in [0, 0.05) is 22.2 Å². The van der Waals surface area contributed by atoms with E-state index in [-0.39, 0.29) is 17.9 Å². The molecular formula is C22H20FN5O3. The summed E-state index contributed by atoms with van der Waals surface area (Å²) in [6.45, 7) is 1.81. The van der Waals surface area contributed by atoms with Crippen LogP contribution in [-0.2, 0) is 11.2 Å². The fraction of sp³-hybridized carbons (Fsp3) is 0.136. The predicted molar refractivity (Wildman–Crippen MR) is 113 cm³/mol. The minimum atomic E-state index is -0.540. The molecule has 0 aliphatic carbocycles. The second-order valence-corrected chi connectivity index (χ2v) is 6.99. The molecule has 0 atom stereocenters. The molecule has 2 heterocycles. The minimum absolute atomic E-state index is 0.0182. The number of amides is 2. The molecule has 31 heavy (non-hydrogen) atoms. The molecule has 0 aliphatic heterocycles. The Kier molecular flexibility index (Phi) is 5.40. The number of hydrogen-bond donors (Lipinski definition) is 4. The average Bonchev–Trinajstić information content (AvgIpc) is 3.38. The van der Waals surface area contributed by atoms with E-state index in [0.29, 0.717) is 22.4 Å². The Bertz CT molecular complexity index is 1260. The van der Waals surface area contributed by atoms with Gasteiger partial charge >= 0.3 is 0 Å². The lowest BCUT2D eigenvalue weighted by Gasteiger charge is -2.06. The van der Waals surface area contributed by atoms with E-state index in [0.717, 1.165) is 16.8 Å². The van der Waals surface area contributed by atoms with Crippen molar-refractivity contribution in [2.75, 3.05) is 7.11 Å². The van der Waals surface area contributed by atoms with Crippen molar-refractivity contribution in [2.24, 2.45) is 0 Å². The SMILES string of the molecule is COc1ccc(-c2cc(C(=O)NNC(=O)Cc3c(C)[nH]c4ccc(F)cc34)[nH]n2)cc1. The summed E-state index contributed by atoms with van der Waals surface area (Å²) in [4.78, 5) is 27.8. The number of fused-ring (bicyclic) bond motifs is 1. The van der Waals surface area contributed by atoms with Gasteiger partial charge in [-0.2, -0.15) is 5.10 Å². The number of aryl methyl sites for hydroxylation is 1. The van der Waals surface area contributed by atoms with Crippen molar-refractivity contribution in [1.82, 2.24) is 26.0 Å². The number of H-pyrrole nitrogens is 2. The average molecular weight is 421 g/mol. The third-order valence-corrected chi connectivity index (χ3v) is 4.94. The zero-order valence-electron chi connectivity index (χ0n) is 16.9. The highest BCUT2D eigenvalue weighted by atomic mass is 19.1. The third kappa shape index (κ3) is 4.25. The van der Waals surface area contributed by atoms with Crippen LogP contribution in [0, 0.1) is 12.7 Å². The lowest BCUT2D eigenvalue weighted by atomic mass is 10.1. The van der Waals surface area contributed by atoms with Crippen LogP contribution in [0.2, 0.25) is 0 Å². The van der Waals surface area contributed by atoms with Crippen LogP contribution in [0.4, 0.5) is 4.39 Å². The largest absolute Gasteiger partial charge is 0.497 e. The van der Waals surface area contributed by atoms with Crippen LogP contribution in [0.15, 0.2) is 48.5 Å². The number of nitrogens with one attached hydrogen (secondary N) is 4. The number of rotatable bonds is 5. The van der Waals surface area contributed by atoms with Crippen LogP contribution >= 0.6 is 0 Å². The first kappa shape index (κ1) is 20.1. The van der Waals surface area contributed by atoms with Gasteiger partial charge in [-0.1, -0.05) is 0 Å². The number of methoxy groups -OCH3 is 1. The second kappa shape index (κ2) is 8.31. The molecule has 158 valence electrons. The summed E-state index contributed by atoms with van der Waals surface area (Å²) in [6, 6.07) is 13.2. The van der Waals surface area contributed by atoms with E-state index in [1.165, 1.54) is 12.1 Å². The summed E-state index contributed by atoms with van der Waals surface area (Å²) >= 11 is 0. The fourth-order valence-corrected chi connectivity index (χ4v) is 3.33. The molecule has 0 bridgehead atoms. The van der Waals surface area contributed by atoms with Crippen molar-refractivity contribution >= 4 is 22.7 Å². The molecule has 0 saturated carbocycles. The summed E-state index contributed by atoms with van der Waals surface area (Å²) in [5.74, 6) is -0.639. The molecule has 0 saturated heterocycles. The van der Waals surface area contributed by atoms with Crippen LogP contribution in [0.3, 0.4) is 0 Å². The van der Waals surface area contributed by atoms with Gasteiger partial charge in [-0.05, 0) is 61.0 Å². The van der Waals surface area contributed by atoms with Crippen molar-refractivity contribution < 1.29 is 18.7 Å². The number of hydrazine groups is 1. The highest BCUT2D eigenvalue weighted by molar-refractivity contribution is 5.95. The van der Waals surface area contributed by atoms with E-state index in [1.807, 2.05) is 19.1 Å². The van der Waals surface area contributed by atoms with Gasteiger partial charge in [0.1, 0.15) is 17.3 Å². The summed E-state index contributed by atoms with van der Waals surface area (Å²) < 4.78 is 18.7. The fourth-order valence-electron chi connectivity index (χ4n) is 3.33. The van der Waals surface area contributed by atoms with Crippen molar-refractivity contribution in [3.63, 3.8) is 0 Å². The summed E-state index contributed by atoms with van der Waals surface area (Å²) in [7, 11) is 1.58. The van der Waals surface area contributed by atoms with Gasteiger partial charge < -0.3 is 9.72 Å². The molecule has 8 nitrogen and oxygen atoms in total. The van der Waals surface area contributed by atoms with Crippen molar-refractivity contribution in [3.05, 3.63) is 71.3 Å². The number of aromatic nitrogens is 3. The Morgan fingerprint density at radius 2 is 1.87 bits per heavy atom. The van der Waals surface area contributed by atoms with E-state index in [2.05, 4.69) is 26.0 Å². The first-order valence-electron chi connectivity index (χ1n) is 9.50. The Morgan fingerprint density at radius 3 is 2.61 bits per heavy atom. The van der Waals surface area contributed by atoms with E-state index >= 15 is 0 Å². The highest BCUT2D eigenvalue weighted by Crippen LogP contribution is 2.24. The van der Waals surface area contributed by atoms with Crippen LogP contribution in [-0.4, -0.2) is 34.1 Å². The molecule has 4 aromatic rings. The summed E-state index contributed by atoms with van der Waals surface area (Å²) in [5, 5.41) is 7.41. The summed E-state index contributed by atoms with van der Waals surface area (Å²) in [5.41, 5.74) is 8.50. The van der Waals surface area contributed by atoms with E-state index in [4.69, 9.17) is 4.74 Å². The maximum absolute atomic E-state index is 13.6. The van der Waals surface area contributed by atoms with Crippen LogP contribution in [0.5, 0.6) is 5.75 Å². The van der Waals surface area contributed by atoms with Crippen LogP contribution < -0.4 is 15.6 Å². The molecule has 4 N–H and O–H groups in total. The first-order chi connectivity index (χ1) is 14.9. The smallest absolute Gasteiger partial charge is 0.287 e. The van der Waals surface area contributed by atoms with Gasteiger partial charge in [0.2, 0.25) is 5.91 Å². The molecule has 0 spiro atoms. The van der Waals surface area contributed by atoms with Gasteiger partial charge in [-0.3, -0.25) is 25.5 Å². The lowest BCUT2D eigenvalue weighted by molar-refractivity contribution is -0.121. The van der Waals surface area contributed by atoms with Gasteiger partial charge in [0.25, 0.3) is 5.91 Å². The van der Waals surface area contributed by atoms with Gasteiger partial charge in [0.15, 0.2) is 0 Å². The molecule has 0 fully saturated rings. The van der Waals surface area contributed by atoms with Crippen molar-refractivity contribution in [2.45, 2.75) is 13.3 Å². The minimum Gasteiger partial charge on any atom is -0.497 e. The number of nitrogens with zero attached hydrogens (tertiary/aromatic N) is 1. The van der Waals surface area contributed by atoms with E-state index < -0.39 is 11.8 Å². The molecule has 9 heteroatoms.